The molecule has 0 aliphatic rings. The zero-order valence-corrected chi connectivity index (χ0v) is 11.8. The predicted molar refractivity (Wildman–Crippen MR) is 73.9 cm³/mol. The van der Waals surface area contributed by atoms with Crippen molar-refractivity contribution in [3.8, 4) is 0 Å². The summed E-state index contributed by atoms with van der Waals surface area (Å²) in [6, 6.07) is 0. The van der Waals surface area contributed by atoms with Gasteiger partial charge in [0.05, 0.1) is 6.61 Å². The molecule has 7 heteroatoms. The standard InChI is InChI=1S/C11H20N4O2S/c1-7(2)6-13-11-14-9(12)8(18-11)10(17)15(3)4-5-16/h7,16H,4-6,12H2,1-3H3,(H,13,14). The Labute approximate surface area is 111 Å². The van der Waals surface area contributed by atoms with E-state index in [1.54, 1.807) is 7.05 Å². The van der Waals surface area contributed by atoms with Crippen LogP contribution >= 0.6 is 11.3 Å². The van der Waals surface area contributed by atoms with Crippen molar-refractivity contribution in [2.24, 2.45) is 5.92 Å². The van der Waals surface area contributed by atoms with Crippen LogP contribution in [0.1, 0.15) is 23.5 Å². The summed E-state index contributed by atoms with van der Waals surface area (Å²) in [5.41, 5.74) is 5.73. The molecule has 0 fully saturated rings. The summed E-state index contributed by atoms with van der Waals surface area (Å²) in [5, 5.41) is 12.6. The number of likely N-dealkylation sites (N-methyl/N-ethyl adjacent to an activating group) is 1. The van der Waals surface area contributed by atoms with E-state index in [9.17, 15) is 4.79 Å². The highest BCUT2D eigenvalue weighted by Gasteiger charge is 2.19. The quantitative estimate of drug-likeness (QED) is 0.714. The van der Waals surface area contributed by atoms with Crippen LogP contribution in [0.2, 0.25) is 0 Å². The number of nitrogens with two attached hydrogens (primary N) is 1. The zero-order valence-electron chi connectivity index (χ0n) is 10.9. The molecule has 4 N–H and O–H groups in total. The molecule has 0 spiro atoms. The summed E-state index contributed by atoms with van der Waals surface area (Å²) in [6.07, 6.45) is 0. The molecule has 0 saturated carbocycles. The highest BCUT2D eigenvalue weighted by molar-refractivity contribution is 7.18. The molecule has 1 amide bonds. The van der Waals surface area contributed by atoms with E-state index in [0.29, 0.717) is 15.9 Å². The minimum absolute atomic E-state index is 0.0700. The molecule has 0 saturated heterocycles. The number of nitrogen functional groups attached to an aromatic ring is 1. The van der Waals surface area contributed by atoms with Crippen LogP contribution in [0.15, 0.2) is 0 Å². The summed E-state index contributed by atoms with van der Waals surface area (Å²) in [7, 11) is 1.62. The van der Waals surface area contributed by atoms with Gasteiger partial charge in [0.25, 0.3) is 5.91 Å². The summed E-state index contributed by atoms with van der Waals surface area (Å²) >= 11 is 1.24. The Hall–Kier alpha value is -1.34. The Morgan fingerprint density at radius 3 is 2.83 bits per heavy atom. The minimum atomic E-state index is -0.211. The van der Waals surface area contributed by atoms with Crippen LogP contribution < -0.4 is 11.1 Å². The Balaban J connectivity index is 2.74. The van der Waals surface area contributed by atoms with Crippen LogP contribution in [0.4, 0.5) is 10.9 Å². The molecular formula is C11H20N4O2S. The number of aliphatic hydroxyl groups is 1. The van der Waals surface area contributed by atoms with Gasteiger partial charge in [-0.1, -0.05) is 25.2 Å². The second kappa shape index (κ2) is 6.55. The van der Waals surface area contributed by atoms with Crippen LogP contribution in [0.3, 0.4) is 0 Å². The van der Waals surface area contributed by atoms with Gasteiger partial charge in [-0.2, -0.15) is 0 Å². The molecule has 0 bridgehead atoms. The summed E-state index contributed by atoms with van der Waals surface area (Å²) in [6.45, 7) is 5.17. The Morgan fingerprint density at radius 2 is 2.28 bits per heavy atom. The van der Waals surface area contributed by atoms with E-state index in [1.165, 1.54) is 16.2 Å². The first-order valence-electron chi connectivity index (χ1n) is 5.82. The fourth-order valence-corrected chi connectivity index (χ4v) is 2.16. The van der Waals surface area contributed by atoms with Crippen LogP contribution in [0.25, 0.3) is 0 Å². The first-order valence-corrected chi connectivity index (χ1v) is 6.63. The third-order valence-electron chi connectivity index (χ3n) is 2.29. The molecule has 102 valence electrons. The Kier molecular flexibility index (Phi) is 5.36. The average molecular weight is 272 g/mol. The number of aliphatic hydroxyl groups excluding tert-OH is 1. The number of hydrogen-bond acceptors (Lipinski definition) is 6. The minimum Gasteiger partial charge on any atom is -0.395 e. The maximum Gasteiger partial charge on any atom is 0.267 e. The molecule has 1 aromatic heterocycles. The number of aromatic nitrogens is 1. The number of nitrogens with zero attached hydrogens (tertiary/aromatic N) is 2. The molecule has 6 nitrogen and oxygen atoms in total. The lowest BCUT2D eigenvalue weighted by Gasteiger charge is -2.14. The van der Waals surface area contributed by atoms with E-state index in [0.717, 1.165) is 6.54 Å². The molecule has 1 rings (SSSR count). The third kappa shape index (κ3) is 3.85. The number of carbonyl (C=O) groups is 1. The van der Waals surface area contributed by atoms with Gasteiger partial charge < -0.3 is 21.1 Å². The highest BCUT2D eigenvalue weighted by Crippen LogP contribution is 2.26. The summed E-state index contributed by atoms with van der Waals surface area (Å²) in [4.78, 5) is 17.9. The highest BCUT2D eigenvalue weighted by atomic mass is 32.1. The van der Waals surface area contributed by atoms with Crippen molar-refractivity contribution in [3.63, 3.8) is 0 Å². The summed E-state index contributed by atoms with van der Waals surface area (Å²) < 4.78 is 0. The van der Waals surface area contributed by atoms with E-state index >= 15 is 0 Å². The zero-order chi connectivity index (χ0) is 13.7. The topological polar surface area (TPSA) is 91.5 Å². The van der Waals surface area contributed by atoms with Gasteiger partial charge in [0, 0.05) is 20.1 Å². The van der Waals surface area contributed by atoms with Crippen LogP contribution in [0.5, 0.6) is 0 Å². The molecule has 0 aliphatic carbocycles. The van der Waals surface area contributed by atoms with Crippen molar-refractivity contribution in [1.29, 1.82) is 0 Å². The average Bonchev–Trinajstić information content (AvgIpc) is 2.67. The number of rotatable bonds is 6. The van der Waals surface area contributed by atoms with E-state index in [4.69, 9.17) is 10.8 Å². The number of thiazole rings is 1. The van der Waals surface area contributed by atoms with E-state index in [-0.39, 0.29) is 24.9 Å². The number of hydrogen-bond donors (Lipinski definition) is 3. The van der Waals surface area contributed by atoms with Gasteiger partial charge in [0.1, 0.15) is 10.7 Å². The maximum atomic E-state index is 12.0. The molecule has 0 radical (unpaired) electrons. The second-order valence-electron chi connectivity index (χ2n) is 4.46. The molecule has 0 aliphatic heterocycles. The fraction of sp³-hybridized carbons (Fsp3) is 0.636. The molecular weight excluding hydrogens is 252 g/mol. The molecule has 1 aromatic rings. The molecule has 18 heavy (non-hydrogen) atoms. The number of carbonyl (C=O) groups excluding carboxylic acids is 1. The van der Waals surface area contributed by atoms with Crippen molar-refractivity contribution in [1.82, 2.24) is 9.88 Å². The van der Waals surface area contributed by atoms with Gasteiger partial charge in [-0.05, 0) is 5.92 Å². The van der Waals surface area contributed by atoms with Gasteiger partial charge in [0.15, 0.2) is 5.13 Å². The van der Waals surface area contributed by atoms with Crippen molar-refractivity contribution in [3.05, 3.63) is 4.88 Å². The molecule has 0 aromatic carbocycles. The first-order chi connectivity index (χ1) is 8.45. The lowest BCUT2D eigenvalue weighted by molar-refractivity contribution is 0.0772. The fourth-order valence-electron chi connectivity index (χ4n) is 1.28. The predicted octanol–water partition coefficient (Wildman–Crippen LogP) is 0.858. The lowest BCUT2D eigenvalue weighted by atomic mass is 10.2. The van der Waals surface area contributed by atoms with Gasteiger partial charge in [-0.3, -0.25) is 4.79 Å². The van der Waals surface area contributed by atoms with E-state index in [2.05, 4.69) is 24.1 Å². The number of amides is 1. The van der Waals surface area contributed by atoms with E-state index < -0.39 is 0 Å². The van der Waals surface area contributed by atoms with Crippen molar-refractivity contribution >= 4 is 28.2 Å². The Bertz CT molecular complexity index is 406. The monoisotopic (exact) mass is 272 g/mol. The van der Waals surface area contributed by atoms with Crippen molar-refractivity contribution in [2.45, 2.75) is 13.8 Å². The summed E-state index contributed by atoms with van der Waals surface area (Å²) in [5.74, 6) is 0.518. The van der Waals surface area contributed by atoms with Gasteiger partial charge >= 0.3 is 0 Å². The van der Waals surface area contributed by atoms with Gasteiger partial charge in [0.2, 0.25) is 0 Å². The second-order valence-corrected chi connectivity index (χ2v) is 5.46. The first kappa shape index (κ1) is 14.7. The normalized spacial score (nSPS) is 10.7. The Morgan fingerprint density at radius 1 is 1.61 bits per heavy atom. The largest absolute Gasteiger partial charge is 0.395 e. The molecule has 0 atom stereocenters. The van der Waals surface area contributed by atoms with Crippen LogP contribution in [-0.2, 0) is 0 Å². The van der Waals surface area contributed by atoms with Gasteiger partial charge in [-0.15, -0.1) is 0 Å². The van der Waals surface area contributed by atoms with Crippen LogP contribution in [0, 0.1) is 5.92 Å². The van der Waals surface area contributed by atoms with E-state index in [1.807, 2.05) is 0 Å². The third-order valence-corrected chi connectivity index (χ3v) is 3.31. The van der Waals surface area contributed by atoms with Crippen molar-refractivity contribution in [2.75, 3.05) is 37.8 Å². The number of nitrogens with one attached hydrogen (secondary N) is 1. The van der Waals surface area contributed by atoms with Gasteiger partial charge in [-0.25, -0.2) is 4.98 Å². The van der Waals surface area contributed by atoms with Crippen molar-refractivity contribution < 1.29 is 9.90 Å². The molecule has 0 unspecified atom stereocenters. The van der Waals surface area contributed by atoms with Crippen LogP contribution in [-0.4, -0.2) is 47.6 Å². The maximum absolute atomic E-state index is 12.0. The smallest absolute Gasteiger partial charge is 0.267 e. The molecule has 1 heterocycles. The SMILES string of the molecule is CC(C)CNc1nc(N)c(C(=O)N(C)CCO)s1. The lowest BCUT2D eigenvalue weighted by Crippen LogP contribution is -2.29. The number of anilines is 2.